The predicted octanol–water partition coefficient (Wildman–Crippen LogP) is 3.48. The Labute approximate surface area is 175 Å². The minimum Gasteiger partial charge on any atom is -0.481 e. The number of rotatable bonds is 6. The molecule has 0 radical (unpaired) electrons. The Morgan fingerprint density at radius 3 is 2.34 bits per heavy atom. The third-order valence-corrected chi connectivity index (χ3v) is 4.88. The number of benzene rings is 2. The van der Waals surface area contributed by atoms with Crippen LogP contribution in [-0.2, 0) is 19.1 Å². The summed E-state index contributed by atoms with van der Waals surface area (Å²) in [6.45, 7) is 5.29. The van der Waals surface area contributed by atoms with Gasteiger partial charge in [0.1, 0.15) is 5.75 Å². The van der Waals surface area contributed by atoms with Crippen LogP contribution in [0.4, 0.5) is 0 Å². The molecule has 0 unspecified atom stereocenters. The second-order valence-electron chi connectivity index (χ2n) is 6.88. The van der Waals surface area contributed by atoms with E-state index in [4.69, 9.17) is 25.8 Å². The molecule has 0 bridgehead atoms. The number of nitrogens with zero attached hydrogens (tertiary/aromatic N) is 1. The zero-order valence-corrected chi connectivity index (χ0v) is 17.3. The molecule has 1 fully saturated rings. The van der Waals surface area contributed by atoms with Crippen LogP contribution < -0.4 is 4.74 Å². The summed E-state index contributed by atoms with van der Waals surface area (Å²) in [6, 6.07) is 12.5. The van der Waals surface area contributed by atoms with Gasteiger partial charge in [-0.1, -0.05) is 41.9 Å². The molecule has 0 aliphatic carbocycles. The molecule has 2 aromatic carbocycles. The molecule has 2 aromatic rings. The van der Waals surface area contributed by atoms with Crippen LogP contribution in [0.15, 0.2) is 42.5 Å². The van der Waals surface area contributed by atoms with Gasteiger partial charge in [0, 0.05) is 23.7 Å². The Balaban J connectivity index is 1.70. The van der Waals surface area contributed by atoms with Gasteiger partial charge in [-0.25, -0.2) is 4.79 Å². The molecule has 1 heterocycles. The highest BCUT2D eigenvalue weighted by Gasteiger charge is 2.30. The molecule has 0 aromatic heterocycles. The Morgan fingerprint density at radius 2 is 1.72 bits per heavy atom. The van der Waals surface area contributed by atoms with Crippen molar-refractivity contribution in [1.29, 1.82) is 0 Å². The molecular formula is C22H24ClNO5. The van der Waals surface area contributed by atoms with Crippen molar-refractivity contribution in [3.63, 3.8) is 0 Å². The molecule has 1 atom stereocenters. The first-order valence-electron chi connectivity index (χ1n) is 9.46. The Kier molecular flexibility index (Phi) is 7.12. The molecule has 0 spiro atoms. The van der Waals surface area contributed by atoms with E-state index in [2.05, 4.69) is 0 Å². The summed E-state index contributed by atoms with van der Waals surface area (Å²) in [4.78, 5) is 27.2. The van der Waals surface area contributed by atoms with Crippen molar-refractivity contribution in [3.8, 4) is 5.75 Å². The molecule has 154 valence electrons. The summed E-state index contributed by atoms with van der Waals surface area (Å²) in [6.07, 6.45) is -1.02. The molecular weight excluding hydrogens is 394 g/mol. The van der Waals surface area contributed by atoms with Crippen LogP contribution in [0, 0.1) is 13.8 Å². The number of hydrogen-bond acceptors (Lipinski definition) is 5. The molecule has 0 N–H and O–H groups in total. The van der Waals surface area contributed by atoms with E-state index in [-0.39, 0.29) is 12.5 Å². The lowest BCUT2D eigenvalue weighted by Gasteiger charge is -2.30. The number of carbonyl (C=O) groups is 2. The molecule has 1 aliphatic heterocycles. The van der Waals surface area contributed by atoms with Gasteiger partial charge >= 0.3 is 5.97 Å². The first kappa shape index (κ1) is 21.1. The molecule has 1 amide bonds. The van der Waals surface area contributed by atoms with Crippen LogP contribution >= 0.6 is 11.6 Å². The monoisotopic (exact) mass is 417 g/mol. The van der Waals surface area contributed by atoms with Crippen LogP contribution in [-0.4, -0.2) is 49.7 Å². The summed E-state index contributed by atoms with van der Waals surface area (Å²) in [7, 11) is 0. The largest absolute Gasteiger partial charge is 0.481 e. The lowest BCUT2D eigenvalue weighted by Crippen LogP contribution is -2.44. The molecule has 0 saturated carbocycles. The highest BCUT2D eigenvalue weighted by molar-refractivity contribution is 6.30. The number of amides is 1. The van der Waals surface area contributed by atoms with E-state index in [0.717, 1.165) is 11.1 Å². The summed E-state index contributed by atoms with van der Waals surface area (Å²) in [5, 5.41) is 0.607. The van der Waals surface area contributed by atoms with Crippen LogP contribution in [0.3, 0.4) is 0 Å². The predicted molar refractivity (Wildman–Crippen MR) is 109 cm³/mol. The van der Waals surface area contributed by atoms with Crippen molar-refractivity contribution in [2.24, 2.45) is 0 Å². The Morgan fingerprint density at radius 1 is 1.10 bits per heavy atom. The average Bonchev–Trinajstić information content (AvgIpc) is 2.72. The average molecular weight is 418 g/mol. The fourth-order valence-corrected chi connectivity index (χ4v) is 3.59. The van der Waals surface area contributed by atoms with E-state index in [0.29, 0.717) is 42.6 Å². The SMILES string of the molecule is Cc1cc(Cl)cc(C)c1OCC(=O)O[C@@H](C(=O)N1CCOCC1)c1ccccc1. The fraction of sp³-hybridized carbons (Fsp3) is 0.364. The van der Waals surface area contributed by atoms with Crippen molar-refractivity contribution in [1.82, 2.24) is 4.90 Å². The van der Waals surface area contributed by atoms with Gasteiger partial charge in [0.25, 0.3) is 5.91 Å². The zero-order chi connectivity index (χ0) is 20.8. The van der Waals surface area contributed by atoms with Gasteiger partial charge in [-0.2, -0.15) is 0 Å². The minimum atomic E-state index is -1.02. The van der Waals surface area contributed by atoms with Gasteiger partial charge in [0.15, 0.2) is 6.61 Å². The van der Waals surface area contributed by atoms with E-state index in [9.17, 15) is 9.59 Å². The highest BCUT2D eigenvalue weighted by atomic mass is 35.5. The third kappa shape index (κ3) is 5.49. The first-order chi connectivity index (χ1) is 14.0. The Hall–Kier alpha value is -2.57. The standard InChI is InChI=1S/C22H24ClNO5/c1-15-12-18(23)13-16(2)20(15)28-14-19(25)29-21(17-6-4-3-5-7-17)22(26)24-8-10-27-11-9-24/h3-7,12-13,21H,8-11,14H2,1-2H3/t21-/m1/s1. The van der Waals surface area contributed by atoms with Gasteiger partial charge in [-0.05, 0) is 37.1 Å². The van der Waals surface area contributed by atoms with Crippen LogP contribution in [0.25, 0.3) is 0 Å². The summed E-state index contributed by atoms with van der Waals surface area (Å²) in [5.41, 5.74) is 2.27. The van der Waals surface area contributed by atoms with Gasteiger partial charge < -0.3 is 19.1 Å². The maximum Gasteiger partial charge on any atom is 0.345 e. The number of hydrogen-bond donors (Lipinski definition) is 0. The molecule has 29 heavy (non-hydrogen) atoms. The van der Waals surface area contributed by atoms with Crippen molar-refractivity contribution in [2.45, 2.75) is 20.0 Å². The third-order valence-electron chi connectivity index (χ3n) is 4.66. The van der Waals surface area contributed by atoms with Crippen molar-refractivity contribution in [3.05, 3.63) is 64.2 Å². The van der Waals surface area contributed by atoms with E-state index in [1.54, 1.807) is 41.3 Å². The maximum atomic E-state index is 13.0. The van der Waals surface area contributed by atoms with Crippen LogP contribution in [0.5, 0.6) is 5.75 Å². The van der Waals surface area contributed by atoms with Crippen LogP contribution in [0.1, 0.15) is 22.8 Å². The normalized spacial score (nSPS) is 14.9. The van der Waals surface area contributed by atoms with E-state index in [1.807, 2.05) is 19.9 Å². The number of halogens is 1. The summed E-state index contributed by atoms with van der Waals surface area (Å²) in [5.74, 6) is -0.289. The van der Waals surface area contributed by atoms with Crippen molar-refractivity contribution in [2.75, 3.05) is 32.9 Å². The zero-order valence-electron chi connectivity index (χ0n) is 16.5. The van der Waals surface area contributed by atoms with E-state index >= 15 is 0 Å². The van der Waals surface area contributed by atoms with Crippen LogP contribution in [0.2, 0.25) is 5.02 Å². The minimum absolute atomic E-state index is 0.258. The number of esters is 1. The second-order valence-corrected chi connectivity index (χ2v) is 7.31. The summed E-state index contributed by atoms with van der Waals surface area (Å²) < 4.78 is 16.5. The van der Waals surface area contributed by atoms with Gasteiger partial charge in [0.2, 0.25) is 6.10 Å². The lowest BCUT2D eigenvalue weighted by molar-refractivity contribution is -0.164. The van der Waals surface area contributed by atoms with E-state index in [1.165, 1.54) is 0 Å². The number of ether oxygens (including phenoxy) is 3. The molecule has 6 nitrogen and oxygen atoms in total. The topological polar surface area (TPSA) is 65.1 Å². The van der Waals surface area contributed by atoms with Gasteiger partial charge in [0.05, 0.1) is 13.2 Å². The van der Waals surface area contributed by atoms with Gasteiger partial charge in [-0.3, -0.25) is 4.79 Å². The Bertz CT molecular complexity index is 842. The van der Waals surface area contributed by atoms with Crippen molar-refractivity contribution >= 4 is 23.5 Å². The summed E-state index contributed by atoms with van der Waals surface area (Å²) >= 11 is 6.03. The number of aryl methyl sites for hydroxylation is 2. The molecule has 1 saturated heterocycles. The van der Waals surface area contributed by atoms with E-state index < -0.39 is 12.1 Å². The van der Waals surface area contributed by atoms with Gasteiger partial charge in [-0.15, -0.1) is 0 Å². The van der Waals surface area contributed by atoms with Crippen molar-refractivity contribution < 1.29 is 23.8 Å². The quantitative estimate of drug-likeness (QED) is 0.673. The number of morpholine rings is 1. The highest BCUT2D eigenvalue weighted by Crippen LogP contribution is 2.27. The molecule has 3 rings (SSSR count). The first-order valence-corrected chi connectivity index (χ1v) is 9.84. The number of carbonyl (C=O) groups excluding carboxylic acids is 2. The lowest BCUT2D eigenvalue weighted by atomic mass is 10.1. The maximum absolute atomic E-state index is 13.0. The fourth-order valence-electron chi connectivity index (χ4n) is 3.26. The second kappa shape index (κ2) is 9.76. The molecule has 1 aliphatic rings. The molecule has 7 heteroatoms. The smallest absolute Gasteiger partial charge is 0.345 e.